The van der Waals surface area contributed by atoms with E-state index in [0.29, 0.717) is 6.61 Å². The SMILES string of the molecule is Cc1ccc(S(=O)(=O)OCC2OCC3OC(C)(C)OC23)cc1. The summed E-state index contributed by atoms with van der Waals surface area (Å²) in [6.07, 6.45) is -0.930. The molecule has 7 heteroatoms. The van der Waals surface area contributed by atoms with Gasteiger partial charge in [-0.3, -0.25) is 4.18 Å². The first-order chi connectivity index (χ1) is 10.3. The summed E-state index contributed by atoms with van der Waals surface area (Å²) in [5, 5.41) is 0. The molecule has 0 amide bonds. The predicted molar refractivity (Wildman–Crippen MR) is 77.9 cm³/mol. The van der Waals surface area contributed by atoms with Gasteiger partial charge in [-0.25, -0.2) is 0 Å². The van der Waals surface area contributed by atoms with Crippen LogP contribution in [0, 0.1) is 6.92 Å². The molecule has 0 radical (unpaired) electrons. The van der Waals surface area contributed by atoms with E-state index < -0.39 is 22.0 Å². The summed E-state index contributed by atoms with van der Waals surface area (Å²) in [4.78, 5) is 0.136. The zero-order valence-electron chi connectivity index (χ0n) is 12.8. The Morgan fingerprint density at radius 1 is 1.23 bits per heavy atom. The summed E-state index contributed by atoms with van der Waals surface area (Å²) in [7, 11) is -3.80. The largest absolute Gasteiger partial charge is 0.370 e. The average molecular weight is 328 g/mol. The zero-order valence-corrected chi connectivity index (χ0v) is 13.6. The van der Waals surface area contributed by atoms with Crippen molar-refractivity contribution < 1.29 is 26.8 Å². The van der Waals surface area contributed by atoms with Crippen molar-refractivity contribution in [3.05, 3.63) is 29.8 Å². The summed E-state index contributed by atoms with van der Waals surface area (Å²) in [6.45, 7) is 5.84. The van der Waals surface area contributed by atoms with E-state index in [-0.39, 0.29) is 23.7 Å². The molecule has 2 fully saturated rings. The highest BCUT2D eigenvalue weighted by atomic mass is 32.2. The zero-order chi connectivity index (χ0) is 16.0. The second kappa shape index (κ2) is 5.58. The van der Waals surface area contributed by atoms with Gasteiger partial charge in [0, 0.05) is 0 Å². The summed E-state index contributed by atoms with van der Waals surface area (Å²) >= 11 is 0. The van der Waals surface area contributed by atoms with Crippen LogP contribution in [0.15, 0.2) is 29.2 Å². The Balaban J connectivity index is 1.64. The van der Waals surface area contributed by atoms with Crippen molar-refractivity contribution in [3.8, 4) is 0 Å². The molecule has 1 aromatic carbocycles. The highest BCUT2D eigenvalue weighted by molar-refractivity contribution is 7.86. The highest BCUT2D eigenvalue weighted by Crippen LogP contribution is 2.35. The van der Waals surface area contributed by atoms with Crippen LogP contribution in [0.1, 0.15) is 19.4 Å². The fourth-order valence-corrected chi connectivity index (χ4v) is 3.61. The smallest absolute Gasteiger partial charge is 0.297 e. The molecule has 2 saturated heterocycles. The molecule has 3 atom stereocenters. The molecule has 2 aliphatic heterocycles. The number of fused-ring (bicyclic) bond motifs is 1. The Morgan fingerprint density at radius 2 is 1.91 bits per heavy atom. The van der Waals surface area contributed by atoms with E-state index in [1.54, 1.807) is 12.1 Å². The number of rotatable bonds is 4. The summed E-state index contributed by atoms with van der Waals surface area (Å²) < 4.78 is 46.4. The molecule has 2 heterocycles. The number of benzene rings is 1. The fourth-order valence-electron chi connectivity index (χ4n) is 2.69. The molecule has 1 aromatic rings. The van der Waals surface area contributed by atoms with Crippen LogP contribution in [0.25, 0.3) is 0 Å². The van der Waals surface area contributed by atoms with E-state index >= 15 is 0 Å². The first-order valence-corrected chi connectivity index (χ1v) is 8.61. The molecule has 22 heavy (non-hydrogen) atoms. The van der Waals surface area contributed by atoms with Crippen LogP contribution >= 0.6 is 0 Å². The van der Waals surface area contributed by atoms with Gasteiger partial charge in [0.15, 0.2) is 5.79 Å². The Bertz CT molecular complexity index is 637. The molecular weight excluding hydrogens is 308 g/mol. The minimum atomic E-state index is -3.80. The molecule has 2 aliphatic rings. The van der Waals surface area contributed by atoms with E-state index in [4.69, 9.17) is 18.4 Å². The van der Waals surface area contributed by atoms with Crippen LogP contribution < -0.4 is 0 Å². The van der Waals surface area contributed by atoms with E-state index in [2.05, 4.69) is 0 Å². The average Bonchev–Trinajstić information content (AvgIpc) is 2.92. The first kappa shape index (κ1) is 15.9. The monoisotopic (exact) mass is 328 g/mol. The normalized spacial score (nSPS) is 30.4. The van der Waals surface area contributed by atoms with E-state index in [1.165, 1.54) is 12.1 Å². The van der Waals surface area contributed by atoms with Crippen molar-refractivity contribution in [2.24, 2.45) is 0 Å². The van der Waals surface area contributed by atoms with Crippen LogP contribution in [-0.2, 0) is 28.5 Å². The third-order valence-electron chi connectivity index (χ3n) is 3.76. The minimum Gasteiger partial charge on any atom is -0.370 e. The van der Waals surface area contributed by atoms with Gasteiger partial charge in [0.05, 0.1) is 18.1 Å². The standard InChI is InChI=1S/C15H20O6S/c1-10-4-6-11(7-5-10)22(16,17)19-9-12-14-13(8-18-12)20-15(2,3)21-14/h4-7,12-14H,8-9H2,1-3H3. The van der Waals surface area contributed by atoms with Gasteiger partial charge in [-0.15, -0.1) is 0 Å². The second-order valence-electron chi connectivity index (χ2n) is 6.06. The number of aryl methyl sites for hydroxylation is 1. The number of hydrogen-bond donors (Lipinski definition) is 0. The lowest BCUT2D eigenvalue weighted by Crippen LogP contribution is -2.33. The van der Waals surface area contributed by atoms with Crippen molar-refractivity contribution in [1.29, 1.82) is 0 Å². The van der Waals surface area contributed by atoms with Gasteiger partial charge in [0.25, 0.3) is 10.1 Å². The lowest BCUT2D eigenvalue weighted by Gasteiger charge is -2.21. The van der Waals surface area contributed by atoms with Gasteiger partial charge in [-0.05, 0) is 32.9 Å². The maximum Gasteiger partial charge on any atom is 0.297 e. The van der Waals surface area contributed by atoms with Gasteiger partial charge < -0.3 is 14.2 Å². The summed E-state index contributed by atoms with van der Waals surface area (Å²) in [5.41, 5.74) is 0.986. The number of hydrogen-bond acceptors (Lipinski definition) is 6. The lowest BCUT2D eigenvalue weighted by molar-refractivity contribution is -0.177. The third kappa shape index (κ3) is 3.18. The Kier molecular flexibility index (Phi) is 4.03. The summed E-state index contributed by atoms with van der Waals surface area (Å²) in [6, 6.07) is 6.52. The van der Waals surface area contributed by atoms with Gasteiger partial charge in [0.2, 0.25) is 0 Å². The molecule has 0 N–H and O–H groups in total. The lowest BCUT2D eigenvalue weighted by atomic mass is 10.2. The molecule has 0 bridgehead atoms. The molecule has 6 nitrogen and oxygen atoms in total. The number of ether oxygens (including phenoxy) is 3. The minimum absolute atomic E-state index is 0.0865. The molecule has 122 valence electrons. The molecule has 0 saturated carbocycles. The second-order valence-corrected chi connectivity index (χ2v) is 7.68. The van der Waals surface area contributed by atoms with Crippen LogP contribution in [0.4, 0.5) is 0 Å². The molecule has 3 rings (SSSR count). The van der Waals surface area contributed by atoms with Gasteiger partial charge in [0.1, 0.15) is 18.3 Å². The molecule has 0 aliphatic carbocycles. The van der Waals surface area contributed by atoms with Crippen molar-refractivity contribution in [1.82, 2.24) is 0 Å². The van der Waals surface area contributed by atoms with Crippen LogP contribution in [0.5, 0.6) is 0 Å². The Labute approximate surface area is 130 Å². The van der Waals surface area contributed by atoms with E-state index in [0.717, 1.165) is 5.56 Å². The van der Waals surface area contributed by atoms with Crippen LogP contribution in [-0.4, -0.2) is 45.7 Å². The Morgan fingerprint density at radius 3 is 2.59 bits per heavy atom. The first-order valence-electron chi connectivity index (χ1n) is 7.20. The molecule has 0 aromatic heterocycles. The van der Waals surface area contributed by atoms with Gasteiger partial charge in [-0.2, -0.15) is 8.42 Å². The van der Waals surface area contributed by atoms with Crippen molar-refractivity contribution in [2.45, 2.75) is 49.8 Å². The Hall–Kier alpha value is -0.990. The van der Waals surface area contributed by atoms with Crippen LogP contribution in [0.3, 0.4) is 0 Å². The third-order valence-corrected chi connectivity index (χ3v) is 5.06. The summed E-state index contributed by atoms with van der Waals surface area (Å²) in [5.74, 6) is -0.673. The van der Waals surface area contributed by atoms with Gasteiger partial charge in [-0.1, -0.05) is 17.7 Å². The molecule has 3 unspecified atom stereocenters. The predicted octanol–water partition coefficient (Wildman–Crippen LogP) is 1.62. The van der Waals surface area contributed by atoms with E-state index in [1.807, 2.05) is 20.8 Å². The molecular formula is C15H20O6S. The van der Waals surface area contributed by atoms with Crippen molar-refractivity contribution in [2.75, 3.05) is 13.2 Å². The fraction of sp³-hybridized carbons (Fsp3) is 0.600. The van der Waals surface area contributed by atoms with Crippen molar-refractivity contribution >= 4 is 10.1 Å². The van der Waals surface area contributed by atoms with Crippen LogP contribution in [0.2, 0.25) is 0 Å². The van der Waals surface area contributed by atoms with E-state index in [9.17, 15) is 8.42 Å². The topological polar surface area (TPSA) is 71.1 Å². The molecule has 0 spiro atoms. The maximum absolute atomic E-state index is 12.2. The highest BCUT2D eigenvalue weighted by Gasteiger charge is 2.50. The van der Waals surface area contributed by atoms with Crippen molar-refractivity contribution in [3.63, 3.8) is 0 Å². The van der Waals surface area contributed by atoms with Gasteiger partial charge >= 0.3 is 0 Å². The quantitative estimate of drug-likeness (QED) is 0.782. The maximum atomic E-state index is 12.2.